The second kappa shape index (κ2) is 10.1. The van der Waals surface area contributed by atoms with Gasteiger partial charge in [-0.2, -0.15) is 0 Å². The summed E-state index contributed by atoms with van der Waals surface area (Å²) < 4.78 is 15.6. The SMILES string of the molecule is CCn1c(-c2nc3cc(C(=O)N4CCC5CCN(C(=O)OC(C)(C)C)C5C4)cc(OC)c3n2C)cc2cccnc21. The number of likely N-dealkylation sites (tertiary alicyclic amines) is 2. The molecule has 216 valence electrons. The van der Waals surface area contributed by atoms with Gasteiger partial charge in [0, 0.05) is 50.4 Å². The second-order valence-electron chi connectivity index (χ2n) is 12.1. The third kappa shape index (κ3) is 4.69. The molecular formula is C31H38N6O4. The summed E-state index contributed by atoms with van der Waals surface area (Å²) in [6.07, 6.45) is 3.29. The van der Waals surface area contributed by atoms with Crippen LogP contribution in [0, 0.1) is 5.92 Å². The zero-order valence-electron chi connectivity index (χ0n) is 24.7. The summed E-state index contributed by atoms with van der Waals surface area (Å²) in [6.45, 7) is 10.3. The van der Waals surface area contributed by atoms with Gasteiger partial charge in [-0.15, -0.1) is 0 Å². The van der Waals surface area contributed by atoms with Crippen molar-refractivity contribution in [2.75, 3.05) is 26.7 Å². The molecule has 1 aromatic carbocycles. The average Bonchev–Trinajstić information content (AvgIpc) is 3.63. The van der Waals surface area contributed by atoms with Crippen molar-refractivity contribution in [1.29, 1.82) is 0 Å². The summed E-state index contributed by atoms with van der Waals surface area (Å²) in [7, 11) is 3.58. The number of ether oxygens (including phenoxy) is 2. The number of imidazole rings is 1. The van der Waals surface area contributed by atoms with E-state index in [0.717, 1.165) is 47.5 Å². The summed E-state index contributed by atoms with van der Waals surface area (Å²) in [5.74, 6) is 1.67. The molecule has 2 atom stereocenters. The zero-order valence-corrected chi connectivity index (χ0v) is 24.7. The number of amides is 2. The monoisotopic (exact) mass is 558 g/mol. The van der Waals surface area contributed by atoms with E-state index in [1.807, 2.05) is 54.3 Å². The third-order valence-electron chi connectivity index (χ3n) is 8.38. The minimum atomic E-state index is -0.561. The van der Waals surface area contributed by atoms with Gasteiger partial charge in [0.1, 0.15) is 22.5 Å². The molecule has 4 aromatic rings. The molecule has 0 bridgehead atoms. The maximum atomic E-state index is 13.9. The van der Waals surface area contributed by atoms with Crippen LogP contribution in [0.2, 0.25) is 0 Å². The van der Waals surface area contributed by atoms with E-state index in [2.05, 4.69) is 28.6 Å². The van der Waals surface area contributed by atoms with Gasteiger partial charge < -0.3 is 28.4 Å². The number of pyridine rings is 1. The van der Waals surface area contributed by atoms with Crippen LogP contribution in [0.4, 0.5) is 4.79 Å². The van der Waals surface area contributed by atoms with E-state index in [0.29, 0.717) is 42.4 Å². The Balaban J connectivity index is 1.32. The molecule has 2 aliphatic heterocycles. The number of hydrogen-bond acceptors (Lipinski definition) is 6. The minimum Gasteiger partial charge on any atom is -0.494 e. The van der Waals surface area contributed by atoms with Gasteiger partial charge in [0.2, 0.25) is 0 Å². The minimum absolute atomic E-state index is 0.0424. The Kier molecular flexibility index (Phi) is 6.66. The van der Waals surface area contributed by atoms with Gasteiger partial charge >= 0.3 is 6.09 Å². The highest BCUT2D eigenvalue weighted by atomic mass is 16.6. The fourth-order valence-corrected chi connectivity index (χ4v) is 6.47. The van der Waals surface area contributed by atoms with Gasteiger partial charge in [-0.05, 0) is 76.8 Å². The number of hydrogen-bond donors (Lipinski definition) is 0. The van der Waals surface area contributed by atoms with Crippen LogP contribution in [-0.4, -0.2) is 79.3 Å². The van der Waals surface area contributed by atoms with E-state index >= 15 is 0 Å². The molecule has 2 fully saturated rings. The van der Waals surface area contributed by atoms with E-state index in [1.54, 1.807) is 19.4 Å². The van der Waals surface area contributed by atoms with Crippen LogP contribution in [-0.2, 0) is 18.3 Å². The number of aromatic nitrogens is 4. The Morgan fingerprint density at radius 1 is 1.12 bits per heavy atom. The number of methoxy groups -OCH3 is 1. The molecule has 41 heavy (non-hydrogen) atoms. The first-order valence-electron chi connectivity index (χ1n) is 14.4. The van der Waals surface area contributed by atoms with E-state index in [1.165, 1.54) is 0 Å². The first-order valence-corrected chi connectivity index (χ1v) is 14.4. The predicted molar refractivity (Wildman–Crippen MR) is 157 cm³/mol. The molecule has 0 radical (unpaired) electrons. The molecule has 2 aliphatic rings. The highest BCUT2D eigenvalue weighted by Crippen LogP contribution is 2.36. The first kappa shape index (κ1) is 27.1. The third-order valence-corrected chi connectivity index (χ3v) is 8.38. The number of piperidine rings is 1. The van der Waals surface area contributed by atoms with E-state index < -0.39 is 5.60 Å². The van der Waals surface area contributed by atoms with Crippen molar-refractivity contribution >= 4 is 34.1 Å². The molecule has 0 N–H and O–H groups in total. The Morgan fingerprint density at radius 2 is 1.90 bits per heavy atom. The summed E-state index contributed by atoms with van der Waals surface area (Å²) in [4.78, 5) is 40.0. The molecule has 2 amide bonds. The van der Waals surface area contributed by atoms with Gasteiger partial charge in [0.25, 0.3) is 5.91 Å². The lowest BCUT2D eigenvalue weighted by Crippen LogP contribution is -2.52. The molecule has 3 aromatic heterocycles. The van der Waals surface area contributed by atoms with Gasteiger partial charge in [-0.1, -0.05) is 0 Å². The first-order chi connectivity index (χ1) is 19.6. The summed E-state index contributed by atoms with van der Waals surface area (Å²) in [6, 6.07) is 9.71. The molecule has 6 rings (SSSR count). The zero-order chi connectivity index (χ0) is 29.1. The topological polar surface area (TPSA) is 94.7 Å². The van der Waals surface area contributed by atoms with Crippen molar-refractivity contribution in [3.8, 4) is 17.3 Å². The van der Waals surface area contributed by atoms with Crippen molar-refractivity contribution in [2.45, 2.75) is 58.7 Å². The number of benzene rings is 1. The van der Waals surface area contributed by atoms with Crippen molar-refractivity contribution in [3.05, 3.63) is 42.1 Å². The number of fused-ring (bicyclic) bond motifs is 3. The summed E-state index contributed by atoms with van der Waals surface area (Å²) in [5.41, 5.74) is 3.35. The normalized spacial score (nSPS) is 19.2. The highest BCUT2D eigenvalue weighted by Gasteiger charge is 2.43. The predicted octanol–water partition coefficient (Wildman–Crippen LogP) is 5.09. The molecule has 2 unspecified atom stereocenters. The maximum Gasteiger partial charge on any atom is 0.410 e. The standard InChI is InChI=1S/C31H38N6O4/c1-7-36-23(16-20-9-8-12-32-27(20)36)28-33-22-15-21(17-25(40-6)26(22)34(28)5)29(38)35-13-10-19-11-14-37(24(19)18-35)30(39)41-31(2,3)4/h8-9,12,15-17,19,24H,7,10-11,13-14,18H2,1-6H3. The van der Waals surface area contributed by atoms with Crippen molar-refractivity contribution < 1.29 is 19.1 Å². The molecule has 5 heterocycles. The van der Waals surface area contributed by atoms with Crippen LogP contribution >= 0.6 is 0 Å². The molecule has 0 saturated carbocycles. The van der Waals surface area contributed by atoms with E-state index in [-0.39, 0.29) is 18.0 Å². The van der Waals surface area contributed by atoms with Crippen LogP contribution in [0.25, 0.3) is 33.6 Å². The van der Waals surface area contributed by atoms with Crippen LogP contribution in [0.5, 0.6) is 5.75 Å². The largest absolute Gasteiger partial charge is 0.494 e. The van der Waals surface area contributed by atoms with Crippen molar-refractivity contribution in [3.63, 3.8) is 0 Å². The summed E-state index contributed by atoms with van der Waals surface area (Å²) in [5, 5.41) is 1.05. The number of nitrogens with zero attached hydrogens (tertiary/aromatic N) is 6. The molecule has 10 heteroatoms. The Bertz CT molecular complexity index is 1650. The summed E-state index contributed by atoms with van der Waals surface area (Å²) >= 11 is 0. The van der Waals surface area contributed by atoms with Crippen molar-refractivity contribution in [1.82, 2.24) is 28.9 Å². The molecular weight excluding hydrogens is 520 g/mol. The van der Waals surface area contributed by atoms with Gasteiger partial charge in [0.15, 0.2) is 5.82 Å². The average molecular weight is 559 g/mol. The van der Waals surface area contributed by atoms with Crippen molar-refractivity contribution in [2.24, 2.45) is 13.0 Å². The highest BCUT2D eigenvalue weighted by molar-refractivity contribution is 6.00. The number of aryl methyl sites for hydroxylation is 2. The van der Waals surface area contributed by atoms with Gasteiger partial charge in [-0.25, -0.2) is 14.8 Å². The van der Waals surface area contributed by atoms with E-state index in [9.17, 15) is 9.59 Å². The Labute approximate surface area is 239 Å². The van der Waals surface area contributed by atoms with Crippen LogP contribution < -0.4 is 4.74 Å². The quantitative estimate of drug-likeness (QED) is 0.346. The smallest absolute Gasteiger partial charge is 0.410 e. The molecule has 0 spiro atoms. The fourth-order valence-electron chi connectivity index (χ4n) is 6.47. The maximum absolute atomic E-state index is 13.9. The lowest BCUT2D eigenvalue weighted by atomic mass is 9.92. The van der Waals surface area contributed by atoms with Crippen LogP contribution in [0.15, 0.2) is 36.5 Å². The Morgan fingerprint density at radius 3 is 2.63 bits per heavy atom. The lowest BCUT2D eigenvalue weighted by Gasteiger charge is -2.38. The van der Waals surface area contributed by atoms with Crippen LogP contribution in [0.1, 0.15) is 50.9 Å². The van der Waals surface area contributed by atoms with E-state index in [4.69, 9.17) is 14.5 Å². The Hall–Kier alpha value is -4.08. The number of carbonyl (C=O) groups excluding carboxylic acids is 2. The molecule has 0 aliphatic carbocycles. The molecule has 10 nitrogen and oxygen atoms in total. The van der Waals surface area contributed by atoms with Gasteiger partial charge in [0.05, 0.1) is 24.4 Å². The lowest BCUT2D eigenvalue weighted by molar-refractivity contribution is 0.0122. The molecule has 2 saturated heterocycles. The fraction of sp³-hybridized carbons (Fsp3) is 0.484. The van der Waals surface area contributed by atoms with Gasteiger partial charge in [-0.3, -0.25) is 4.79 Å². The number of rotatable bonds is 4. The number of carbonyl (C=O) groups is 2. The van der Waals surface area contributed by atoms with Crippen LogP contribution in [0.3, 0.4) is 0 Å². The second-order valence-corrected chi connectivity index (χ2v) is 12.1.